The number of aromatic amines is 1. The lowest BCUT2D eigenvalue weighted by Crippen LogP contribution is -2.48. The van der Waals surface area contributed by atoms with E-state index in [9.17, 15) is 14.4 Å². The van der Waals surface area contributed by atoms with Crippen molar-refractivity contribution >= 4 is 11.9 Å². The van der Waals surface area contributed by atoms with E-state index in [1.165, 1.54) is 23.4 Å². The Balaban J connectivity index is 2.29. The molecule has 0 aromatic carbocycles. The Morgan fingerprint density at radius 3 is 2.83 bits per heavy atom. The molecule has 1 aromatic heterocycles. The maximum Gasteiger partial charge on any atom is 0.326 e. The minimum atomic E-state index is -1.02. The largest absolute Gasteiger partial charge is 0.480 e. The zero-order valence-electron chi connectivity index (χ0n) is 9.76. The van der Waals surface area contributed by atoms with E-state index in [0.29, 0.717) is 13.0 Å². The molecule has 1 aromatic rings. The highest BCUT2D eigenvalue weighted by Crippen LogP contribution is 2.18. The molecular formula is C12H14N2O4. The van der Waals surface area contributed by atoms with Gasteiger partial charge in [-0.05, 0) is 19.3 Å². The van der Waals surface area contributed by atoms with Gasteiger partial charge in [0.2, 0.25) is 0 Å². The number of pyridine rings is 1. The Labute approximate surface area is 103 Å². The molecule has 0 bridgehead atoms. The predicted octanol–water partition coefficient (Wildman–Crippen LogP) is 0.454. The van der Waals surface area contributed by atoms with Gasteiger partial charge >= 0.3 is 5.97 Å². The van der Waals surface area contributed by atoms with Crippen LogP contribution in [-0.2, 0) is 4.79 Å². The molecule has 18 heavy (non-hydrogen) atoms. The molecule has 2 rings (SSSR count). The normalized spacial score (nSPS) is 19.6. The Hall–Kier alpha value is -2.11. The summed E-state index contributed by atoms with van der Waals surface area (Å²) in [5, 5.41) is 9.09. The molecule has 2 N–H and O–H groups in total. The third-order valence-corrected chi connectivity index (χ3v) is 3.10. The maximum absolute atomic E-state index is 12.2. The van der Waals surface area contributed by atoms with Crippen molar-refractivity contribution in [3.63, 3.8) is 0 Å². The molecule has 0 unspecified atom stereocenters. The molecule has 1 fully saturated rings. The van der Waals surface area contributed by atoms with E-state index >= 15 is 0 Å². The molecule has 6 nitrogen and oxygen atoms in total. The molecule has 6 heteroatoms. The fourth-order valence-electron chi connectivity index (χ4n) is 2.17. The SMILES string of the molecule is O=C(O)[C@@H]1CCCCN1C(=O)c1c[nH]ccc1=O. The van der Waals surface area contributed by atoms with Gasteiger partial charge in [-0.15, -0.1) is 0 Å². The number of carbonyl (C=O) groups excluding carboxylic acids is 1. The van der Waals surface area contributed by atoms with E-state index in [1.54, 1.807) is 0 Å². The lowest BCUT2D eigenvalue weighted by Gasteiger charge is -2.32. The van der Waals surface area contributed by atoms with Crippen LogP contribution in [0.15, 0.2) is 23.3 Å². The Morgan fingerprint density at radius 2 is 2.17 bits per heavy atom. The Bertz CT molecular complexity index is 523. The molecule has 1 saturated heterocycles. The van der Waals surface area contributed by atoms with Crippen molar-refractivity contribution in [1.29, 1.82) is 0 Å². The summed E-state index contributed by atoms with van der Waals surface area (Å²) in [6.07, 6.45) is 4.74. The van der Waals surface area contributed by atoms with Gasteiger partial charge in [0.05, 0.1) is 0 Å². The van der Waals surface area contributed by atoms with Crippen LogP contribution in [0.4, 0.5) is 0 Å². The summed E-state index contributed by atoms with van der Waals surface area (Å²) in [6.45, 7) is 0.379. The maximum atomic E-state index is 12.2. The van der Waals surface area contributed by atoms with E-state index in [2.05, 4.69) is 4.98 Å². The first kappa shape index (κ1) is 12.3. The molecule has 96 valence electrons. The van der Waals surface area contributed by atoms with Gasteiger partial charge in [0, 0.05) is 25.0 Å². The summed E-state index contributed by atoms with van der Waals surface area (Å²) in [4.78, 5) is 38.8. The smallest absolute Gasteiger partial charge is 0.326 e. The van der Waals surface area contributed by atoms with Crippen LogP contribution in [0.5, 0.6) is 0 Å². The number of H-pyrrole nitrogens is 1. The van der Waals surface area contributed by atoms with Crippen LogP contribution in [0.3, 0.4) is 0 Å². The fourth-order valence-corrected chi connectivity index (χ4v) is 2.17. The number of amides is 1. The highest BCUT2D eigenvalue weighted by atomic mass is 16.4. The molecule has 0 spiro atoms. The lowest BCUT2D eigenvalue weighted by molar-refractivity contribution is -0.143. The van der Waals surface area contributed by atoms with Gasteiger partial charge in [-0.3, -0.25) is 9.59 Å². The van der Waals surface area contributed by atoms with Crippen LogP contribution < -0.4 is 5.43 Å². The standard InChI is InChI=1S/C12H14N2O4/c15-10-4-5-13-7-8(10)11(16)14-6-2-1-3-9(14)12(17)18/h4-5,7,9H,1-3,6H2,(H,13,15)(H,17,18)/t9-/m0/s1. The summed E-state index contributed by atoms with van der Waals surface area (Å²) in [5.74, 6) is -1.53. The monoisotopic (exact) mass is 250 g/mol. The molecular weight excluding hydrogens is 236 g/mol. The molecule has 2 heterocycles. The van der Waals surface area contributed by atoms with E-state index in [4.69, 9.17) is 5.11 Å². The zero-order valence-corrected chi connectivity index (χ0v) is 9.76. The summed E-state index contributed by atoms with van der Waals surface area (Å²) in [6, 6.07) is 0.429. The summed E-state index contributed by atoms with van der Waals surface area (Å²) < 4.78 is 0. The number of nitrogens with one attached hydrogen (secondary N) is 1. The van der Waals surface area contributed by atoms with Crippen LogP contribution in [0.1, 0.15) is 29.6 Å². The number of hydrogen-bond acceptors (Lipinski definition) is 3. The second-order valence-electron chi connectivity index (χ2n) is 4.27. The number of carbonyl (C=O) groups is 2. The molecule has 1 aliphatic rings. The third-order valence-electron chi connectivity index (χ3n) is 3.10. The Morgan fingerprint density at radius 1 is 1.39 bits per heavy atom. The summed E-state index contributed by atoms with van der Waals surface area (Å²) >= 11 is 0. The average Bonchev–Trinajstić information content (AvgIpc) is 2.38. The average molecular weight is 250 g/mol. The molecule has 0 radical (unpaired) electrons. The van der Waals surface area contributed by atoms with E-state index in [-0.39, 0.29) is 5.56 Å². The highest BCUT2D eigenvalue weighted by molar-refractivity contribution is 5.96. The molecule has 1 aliphatic heterocycles. The second kappa shape index (κ2) is 5.03. The number of nitrogens with zero attached hydrogens (tertiary/aromatic N) is 1. The number of likely N-dealkylation sites (tertiary alicyclic amines) is 1. The van der Waals surface area contributed by atoms with Crippen molar-refractivity contribution in [2.75, 3.05) is 6.54 Å². The first-order valence-corrected chi connectivity index (χ1v) is 5.82. The number of carboxylic acids is 1. The van der Waals surface area contributed by atoms with E-state index in [1.807, 2.05) is 0 Å². The van der Waals surface area contributed by atoms with E-state index < -0.39 is 23.3 Å². The van der Waals surface area contributed by atoms with Crippen LogP contribution in [0.25, 0.3) is 0 Å². The summed E-state index contributed by atoms with van der Waals surface area (Å²) in [5.41, 5.74) is -0.404. The van der Waals surface area contributed by atoms with Crippen LogP contribution in [-0.4, -0.2) is 39.5 Å². The van der Waals surface area contributed by atoms with Crippen molar-refractivity contribution < 1.29 is 14.7 Å². The first-order valence-electron chi connectivity index (χ1n) is 5.82. The second-order valence-corrected chi connectivity index (χ2v) is 4.27. The van der Waals surface area contributed by atoms with Crippen molar-refractivity contribution in [1.82, 2.24) is 9.88 Å². The summed E-state index contributed by atoms with van der Waals surface area (Å²) in [7, 11) is 0. The van der Waals surface area contributed by atoms with Gasteiger partial charge in [-0.2, -0.15) is 0 Å². The highest BCUT2D eigenvalue weighted by Gasteiger charge is 2.33. The molecule has 1 atom stereocenters. The molecule has 0 aliphatic carbocycles. The number of aromatic nitrogens is 1. The lowest BCUT2D eigenvalue weighted by atomic mass is 10.0. The van der Waals surface area contributed by atoms with Crippen LogP contribution in [0.2, 0.25) is 0 Å². The first-order chi connectivity index (χ1) is 8.61. The molecule has 0 saturated carbocycles. The van der Waals surface area contributed by atoms with Crippen molar-refractivity contribution in [2.24, 2.45) is 0 Å². The number of rotatable bonds is 2. The topological polar surface area (TPSA) is 90.5 Å². The number of aliphatic carboxylic acids is 1. The van der Waals surface area contributed by atoms with E-state index in [0.717, 1.165) is 12.8 Å². The van der Waals surface area contributed by atoms with Gasteiger partial charge in [-0.1, -0.05) is 0 Å². The van der Waals surface area contributed by atoms with Crippen molar-refractivity contribution in [3.05, 3.63) is 34.2 Å². The quantitative estimate of drug-likeness (QED) is 0.797. The van der Waals surface area contributed by atoms with Crippen molar-refractivity contribution in [3.8, 4) is 0 Å². The number of hydrogen-bond donors (Lipinski definition) is 2. The third kappa shape index (κ3) is 2.27. The number of piperidine rings is 1. The predicted molar refractivity (Wildman–Crippen MR) is 63.4 cm³/mol. The van der Waals surface area contributed by atoms with Crippen LogP contribution in [0, 0.1) is 0 Å². The Kier molecular flexibility index (Phi) is 3.45. The van der Waals surface area contributed by atoms with Gasteiger partial charge < -0.3 is 15.0 Å². The van der Waals surface area contributed by atoms with Gasteiger partial charge in [-0.25, -0.2) is 4.79 Å². The van der Waals surface area contributed by atoms with Crippen LogP contribution >= 0.6 is 0 Å². The van der Waals surface area contributed by atoms with Gasteiger partial charge in [0.15, 0.2) is 5.43 Å². The zero-order chi connectivity index (χ0) is 13.1. The van der Waals surface area contributed by atoms with Gasteiger partial charge in [0.1, 0.15) is 11.6 Å². The minimum Gasteiger partial charge on any atom is -0.480 e. The number of carboxylic acid groups (broad SMARTS) is 1. The van der Waals surface area contributed by atoms with Gasteiger partial charge in [0.25, 0.3) is 5.91 Å². The molecule has 1 amide bonds. The van der Waals surface area contributed by atoms with Crippen molar-refractivity contribution in [2.45, 2.75) is 25.3 Å². The minimum absolute atomic E-state index is 0.00866. The fraction of sp³-hybridized carbons (Fsp3) is 0.417.